The van der Waals surface area contributed by atoms with Crippen molar-refractivity contribution in [3.05, 3.63) is 29.5 Å². The summed E-state index contributed by atoms with van der Waals surface area (Å²) >= 11 is 0. The Bertz CT molecular complexity index is 743. The maximum atomic E-state index is 11.6. The molecule has 5 nitrogen and oxygen atoms in total. The van der Waals surface area contributed by atoms with Crippen LogP contribution >= 0.6 is 0 Å². The van der Waals surface area contributed by atoms with Gasteiger partial charge in [-0.05, 0) is 39.0 Å². The minimum Gasteiger partial charge on any atom is -0.461 e. The Balaban J connectivity index is 2.56. The van der Waals surface area contributed by atoms with Crippen molar-refractivity contribution in [2.24, 2.45) is 0 Å². The molecule has 19 heavy (non-hydrogen) atoms. The average molecular weight is 281 g/mol. The van der Waals surface area contributed by atoms with Crippen LogP contribution in [0.4, 0.5) is 5.69 Å². The van der Waals surface area contributed by atoms with Gasteiger partial charge in [0.2, 0.25) is 10.0 Å². The lowest BCUT2D eigenvalue weighted by Crippen LogP contribution is -2.14. The molecular weight excluding hydrogens is 266 g/mol. The molecule has 0 saturated carbocycles. The third kappa shape index (κ3) is 2.63. The van der Waals surface area contributed by atoms with Gasteiger partial charge < -0.3 is 4.42 Å². The highest BCUT2D eigenvalue weighted by atomic mass is 32.2. The first-order valence-corrected chi connectivity index (χ1v) is 7.54. The van der Waals surface area contributed by atoms with Crippen molar-refractivity contribution in [1.82, 2.24) is 0 Å². The smallest absolute Gasteiger partial charge is 0.232 e. The fraction of sp³-hybridized carbons (Fsp3) is 0.308. The summed E-state index contributed by atoms with van der Waals surface area (Å²) < 4.78 is 31.0. The second-order valence-electron chi connectivity index (χ2n) is 4.31. The molecule has 0 aliphatic heterocycles. The summed E-state index contributed by atoms with van der Waals surface area (Å²) in [5, 5.41) is 0.626. The Labute approximate surface area is 111 Å². The molecule has 102 valence electrons. The van der Waals surface area contributed by atoms with Gasteiger partial charge in [-0.2, -0.15) is 0 Å². The minimum absolute atomic E-state index is 0.00494. The van der Waals surface area contributed by atoms with Crippen LogP contribution in [0, 0.1) is 6.92 Å². The van der Waals surface area contributed by atoms with Crippen LogP contribution in [0.1, 0.15) is 30.0 Å². The predicted octanol–water partition coefficient (Wildman–Crippen LogP) is 2.71. The van der Waals surface area contributed by atoms with Gasteiger partial charge in [-0.15, -0.1) is 0 Å². The van der Waals surface area contributed by atoms with Crippen LogP contribution in [0.3, 0.4) is 0 Å². The fourth-order valence-electron chi connectivity index (χ4n) is 1.97. The standard InChI is InChI=1S/C13H15NO4S/c1-4-19(16,17)14-10-5-6-12-11(7-10)13(8(2)15)9(3)18-12/h5-7,14H,4H2,1-3H3. The summed E-state index contributed by atoms with van der Waals surface area (Å²) in [7, 11) is -3.33. The molecule has 1 aromatic heterocycles. The SMILES string of the molecule is CCS(=O)(=O)Nc1ccc2oc(C)c(C(C)=O)c2c1. The number of benzene rings is 1. The van der Waals surface area contributed by atoms with E-state index in [-0.39, 0.29) is 11.5 Å². The summed E-state index contributed by atoms with van der Waals surface area (Å²) in [6.45, 7) is 4.73. The molecule has 0 radical (unpaired) electrons. The summed E-state index contributed by atoms with van der Waals surface area (Å²) in [6, 6.07) is 4.89. The van der Waals surface area contributed by atoms with E-state index in [1.54, 1.807) is 32.0 Å². The maximum absolute atomic E-state index is 11.6. The van der Waals surface area contributed by atoms with E-state index in [4.69, 9.17) is 4.42 Å². The molecule has 2 rings (SSSR count). The van der Waals surface area contributed by atoms with E-state index in [0.29, 0.717) is 28.0 Å². The lowest BCUT2D eigenvalue weighted by molar-refractivity contribution is 0.101. The Morgan fingerprint density at radius 3 is 2.63 bits per heavy atom. The lowest BCUT2D eigenvalue weighted by atomic mass is 10.1. The largest absolute Gasteiger partial charge is 0.461 e. The van der Waals surface area contributed by atoms with Gasteiger partial charge in [0, 0.05) is 11.1 Å². The van der Waals surface area contributed by atoms with E-state index < -0.39 is 10.0 Å². The van der Waals surface area contributed by atoms with Crippen molar-refractivity contribution in [3.63, 3.8) is 0 Å². The first kappa shape index (κ1) is 13.6. The summed E-state index contributed by atoms with van der Waals surface area (Å²) in [5.74, 6) is 0.430. The number of furan rings is 1. The zero-order valence-electron chi connectivity index (χ0n) is 11.0. The maximum Gasteiger partial charge on any atom is 0.232 e. The number of ketones is 1. The van der Waals surface area contributed by atoms with Crippen LogP contribution in [0.15, 0.2) is 22.6 Å². The zero-order chi connectivity index (χ0) is 14.2. The molecular formula is C13H15NO4S. The fourth-order valence-corrected chi connectivity index (χ4v) is 2.60. The van der Waals surface area contributed by atoms with Crippen LogP contribution in [0.2, 0.25) is 0 Å². The van der Waals surface area contributed by atoms with Gasteiger partial charge in [-0.25, -0.2) is 8.42 Å². The third-order valence-corrected chi connectivity index (χ3v) is 4.18. The van der Waals surface area contributed by atoms with Crippen LogP contribution in [0.5, 0.6) is 0 Å². The quantitative estimate of drug-likeness (QED) is 0.874. The minimum atomic E-state index is -3.33. The molecule has 0 amide bonds. The number of rotatable bonds is 4. The first-order chi connectivity index (χ1) is 8.84. The van der Waals surface area contributed by atoms with Crippen LogP contribution in [0.25, 0.3) is 11.0 Å². The molecule has 0 aliphatic carbocycles. The summed E-state index contributed by atoms with van der Waals surface area (Å²) in [5.41, 5.74) is 1.49. The Morgan fingerprint density at radius 2 is 2.05 bits per heavy atom. The Kier molecular flexibility index (Phi) is 3.36. The number of sulfonamides is 1. The molecule has 0 bridgehead atoms. The van der Waals surface area contributed by atoms with Crippen molar-refractivity contribution < 1.29 is 17.6 Å². The number of hydrogen-bond donors (Lipinski definition) is 1. The van der Waals surface area contributed by atoms with Gasteiger partial charge in [0.15, 0.2) is 5.78 Å². The summed E-state index contributed by atoms with van der Waals surface area (Å²) in [6.07, 6.45) is 0. The van der Waals surface area contributed by atoms with Crippen molar-refractivity contribution in [1.29, 1.82) is 0 Å². The van der Waals surface area contributed by atoms with E-state index in [0.717, 1.165) is 0 Å². The normalized spacial score (nSPS) is 11.7. The molecule has 2 aromatic rings. The number of hydrogen-bond acceptors (Lipinski definition) is 4. The van der Waals surface area contributed by atoms with Crippen LogP contribution in [-0.2, 0) is 10.0 Å². The second-order valence-corrected chi connectivity index (χ2v) is 6.32. The number of anilines is 1. The van der Waals surface area contributed by atoms with Gasteiger partial charge in [0.25, 0.3) is 0 Å². The molecule has 0 saturated heterocycles. The topological polar surface area (TPSA) is 76.4 Å². The molecule has 1 heterocycles. The molecule has 1 N–H and O–H groups in total. The van der Waals surface area contributed by atoms with E-state index in [1.165, 1.54) is 6.92 Å². The molecule has 0 unspecified atom stereocenters. The van der Waals surface area contributed by atoms with E-state index in [1.807, 2.05) is 0 Å². The summed E-state index contributed by atoms with van der Waals surface area (Å²) in [4.78, 5) is 11.6. The predicted molar refractivity (Wildman–Crippen MR) is 74.0 cm³/mol. The number of fused-ring (bicyclic) bond motifs is 1. The van der Waals surface area contributed by atoms with Gasteiger partial charge in [0.1, 0.15) is 11.3 Å². The number of Topliss-reactive ketones (excluding diaryl/α,β-unsaturated/α-hetero) is 1. The third-order valence-electron chi connectivity index (χ3n) is 2.87. The molecule has 0 aliphatic rings. The highest BCUT2D eigenvalue weighted by Crippen LogP contribution is 2.28. The van der Waals surface area contributed by atoms with E-state index >= 15 is 0 Å². The highest BCUT2D eigenvalue weighted by Gasteiger charge is 2.16. The van der Waals surface area contributed by atoms with Crippen LogP contribution in [-0.4, -0.2) is 20.0 Å². The van der Waals surface area contributed by atoms with Gasteiger partial charge in [0.05, 0.1) is 11.3 Å². The van der Waals surface area contributed by atoms with Crippen molar-refractivity contribution in [2.45, 2.75) is 20.8 Å². The van der Waals surface area contributed by atoms with E-state index in [9.17, 15) is 13.2 Å². The van der Waals surface area contributed by atoms with Crippen LogP contribution < -0.4 is 4.72 Å². The first-order valence-electron chi connectivity index (χ1n) is 5.88. The molecule has 0 fully saturated rings. The van der Waals surface area contributed by atoms with E-state index in [2.05, 4.69) is 4.72 Å². The second kappa shape index (κ2) is 4.70. The number of aryl methyl sites for hydroxylation is 1. The number of carbonyl (C=O) groups excluding carboxylic acids is 1. The van der Waals surface area contributed by atoms with Gasteiger partial charge >= 0.3 is 0 Å². The monoisotopic (exact) mass is 281 g/mol. The molecule has 1 aromatic carbocycles. The molecule has 0 spiro atoms. The lowest BCUT2D eigenvalue weighted by Gasteiger charge is -2.05. The molecule has 0 atom stereocenters. The Morgan fingerprint density at radius 1 is 1.37 bits per heavy atom. The van der Waals surface area contributed by atoms with Crippen molar-refractivity contribution in [2.75, 3.05) is 10.5 Å². The van der Waals surface area contributed by atoms with Crippen molar-refractivity contribution >= 4 is 32.5 Å². The Hall–Kier alpha value is -1.82. The van der Waals surface area contributed by atoms with Crippen molar-refractivity contribution in [3.8, 4) is 0 Å². The van der Waals surface area contributed by atoms with Gasteiger partial charge in [-0.1, -0.05) is 0 Å². The number of nitrogens with one attached hydrogen (secondary N) is 1. The highest BCUT2D eigenvalue weighted by molar-refractivity contribution is 7.92. The van der Waals surface area contributed by atoms with Gasteiger partial charge in [-0.3, -0.25) is 9.52 Å². The number of carbonyl (C=O) groups is 1. The molecule has 6 heteroatoms. The zero-order valence-corrected chi connectivity index (χ0v) is 11.8. The average Bonchev–Trinajstić information content (AvgIpc) is 2.64.